The minimum Gasteiger partial charge on any atom is -0.347 e. The molecule has 3 amide bonds. The lowest BCUT2D eigenvalue weighted by molar-refractivity contribution is -0.135. The number of likely N-dealkylation sites (tertiary alicyclic amines) is 1. The van der Waals surface area contributed by atoms with Crippen molar-refractivity contribution in [2.24, 2.45) is 5.92 Å². The molecule has 0 aromatic rings. The number of hydroxylamine groups is 1. The largest absolute Gasteiger partial charge is 0.347 e. The molecule has 1 rings (SSSR count). The third-order valence-corrected chi connectivity index (χ3v) is 2.94. The van der Waals surface area contributed by atoms with Crippen LogP contribution in [0.4, 0.5) is 0 Å². The third-order valence-electron chi connectivity index (χ3n) is 2.94. The molecule has 0 radical (unpaired) electrons. The Kier molecular flexibility index (Phi) is 5.57. The summed E-state index contributed by atoms with van der Waals surface area (Å²) >= 11 is 0. The second-order valence-electron chi connectivity index (χ2n) is 4.45. The number of nitrogens with one attached hydrogen (secondary N) is 2. The maximum Gasteiger partial charge on any atom is 0.244 e. The highest BCUT2D eigenvalue weighted by Crippen LogP contribution is 2.07. The molecule has 3 N–H and O–H groups in total. The molecule has 0 aliphatic carbocycles. The second-order valence-corrected chi connectivity index (χ2v) is 4.45. The van der Waals surface area contributed by atoms with Crippen LogP contribution in [0.3, 0.4) is 0 Å². The highest BCUT2D eigenvalue weighted by atomic mass is 16.5. The number of rotatable bonds is 5. The van der Waals surface area contributed by atoms with Gasteiger partial charge in [0, 0.05) is 25.4 Å². The van der Waals surface area contributed by atoms with E-state index in [1.165, 1.54) is 5.48 Å². The number of amides is 3. The highest BCUT2D eigenvalue weighted by molar-refractivity contribution is 5.88. The van der Waals surface area contributed by atoms with Gasteiger partial charge in [0.2, 0.25) is 17.7 Å². The van der Waals surface area contributed by atoms with E-state index in [1.807, 2.05) is 0 Å². The molecule has 0 aromatic carbocycles. The Morgan fingerprint density at radius 2 is 1.89 bits per heavy atom. The zero-order valence-corrected chi connectivity index (χ0v) is 10.4. The average molecular weight is 257 g/mol. The fourth-order valence-electron chi connectivity index (χ4n) is 1.83. The normalized spacial score (nSPS) is 16.2. The maximum absolute atomic E-state index is 11.6. The van der Waals surface area contributed by atoms with Crippen molar-refractivity contribution < 1.29 is 19.6 Å². The molecule has 0 aromatic heterocycles. The van der Waals surface area contributed by atoms with Gasteiger partial charge in [-0.3, -0.25) is 19.6 Å². The zero-order chi connectivity index (χ0) is 13.5. The third kappa shape index (κ3) is 4.33. The molecular formula is C11H19N3O4. The van der Waals surface area contributed by atoms with Crippen LogP contribution in [0.25, 0.3) is 0 Å². The second kappa shape index (κ2) is 6.95. The van der Waals surface area contributed by atoms with E-state index in [9.17, 15) is 14.4 Å². The Labute approximate surface area is 105 Å². The first-order chi connectivity index (χ1) is 8.54. The van der Waals surface area contributed by atoms with Crippen molar-refractivity contribution in [2.45, 2.75) is 26.2 Å². The van der Waals surface area contributed by atoms with Gasteiger partial charge < -0.3 is 10.2 Å². The van der Waals surface area contributed by atoms with Gasteiger partial charge in [-0.2, -0.15) is 0 Å². The first-order valence-corrected chi connectivity index (χ1v) is 6.03. The number of hydrogen-bond acceptors (Lipinski definition) is 4. The maximum atomic E-state index is 11.6. The van der Waals surface area contributed by atoms with Crippen LogP contribution in [0, 0.1) is 5.92 Å². The summed E-state index contributed by atoms with van der Waals surface area (Å²) in [7, 11) is 0. The van der Waals surface area contributed by atoms with Crippen molar-refractivity contribution in [2.75, 3.05) is 19.6 Å². The van der Waals surface area contributed by atoms with Crippen LogP contribution < -0.4 is 10.8 Å². The molecule has 0 spiro atoms. The molecule has 0 bridgehead atoms. The van der Waals surface area contributed by atoms with Crippen LogP contribution in [-0.2, 0) is 14.4 Å². The quantitative estimate of drug-likeness (QED) is 0.446. The first-order valence-electron chi connectivity index (χ1n) is 6.03. The minimum absolute atomic E-state index is 0.0378. The molecule has 7 heteroatoms. The van der Waals surface area contributed by atoms with Gasteiger partial charge in [-0.15, -0.1) is 0 Å². The molecule has 1 aliphatic heterocycles. The van der Waals surface area contributed by atoms with E-state index in [-0.39, 0.29) is 24.8 Å². The molecule has 1 unspecified atom stereocenters. The minimum atomic E-state index is -0.622. The van der Waals surface area contributed by atoms with Gasteiger partial charge in [-0.25, -0.2) is 5.48 Å². The lowest BCUT2D eigenvalue weighted by Gasteiger charge is -2.16. The van der Waals surface area contributed by atoms with Crippen LogP contribution in [0.1, 0.15) is 26.2 Å². The van der Waals surface area contributed by atoms with E-state index < -0.39 is 11.8 Å². The summed E-state index contributed by atoms with van der Waals surface area (Å²) in [6, 6.07) is 0. The SMILES string of the molecule is CC(CC(=O)NO)C(=O)NCC(=O)N1CCCC1. The van der Waals surface area contributed by atoms with Crippen LogP contribution in [0.15, 0.2) is 0 Å². The molecule has 18 heavy (non-hydrogen) atoms. The van der Waals surface area contributed by atoms with E-state index in [1.54, 1.807) is 11.8 Å². The summed E-state index contributed by atoms with van der Waals surface area (Å²) in [6.45, 7) is 3.02. The Morgan fingerprint density at radius 3 is 2.44 bits per heavy atom. The Morgan fingerprint density at radius 1 is 1.28 bits per heavy atom. The average Bonchev–Trinajstić information content (AvgIpc) is 2.88. The summed E-state index contributed by atoms with van der Waals surface area (Å²) in [5.41, 5.74) is 1.47. The highest BCUT2D eigenvalue weighted by Gasteiger charge is 2.20. The lowest BCUT2D eigenvalue weighted by Crippen LogP contribution is -2.41. The number of carbonyl (C=O) groups excluding carboxylic acids is 3. The van der Waals surface area contributed by atoms with E-state index >= 15 is 0 Å². The van der Waals surface area contributed by atoms with Crippen LogP contribution in [-0.4, -0.2) is 47.5 Å². The lowest BCUT2D eigenvalue weighted by atomic mass is 10.1. The summed E-state index contributed by atoms with van der Waals surface area (Å²) in [5, 5.41) is 10.8. The zero-order valence-electron chi connectivity index (χ0n) is 10.4. The summed E-state index contributed by atoms with van der Waals surface area (Å²) in [4.78, 5) is 35.8. The van der Waals surface area contributed by atoms with Crippen LogP contribution in [0.5, 0.6) is 0 Å². The number of nitrogens with zero attached hydrogens (tertiary/aromatic N) is 1. The standard InChI is InChI=1S/C11H19N3O4/c1-8(6-9(15)13-18)11(17)12-7-10(16)14-4-2-3-5-14/h8,18H,2-7H2,1H3,(H,12,17)(H,13,15). The fourth-order valence-corrected chi connectivity index (χ4v) is 1.83. The topological polar surface area (TPSA) is 98.7 Å². The Balaban J connectivity index is 2.27. The molecular weight excluding hydrogens is 238 g/mol. The molecule has 1 atom stereocenters. The summed E-state index contributed by atoms with van der Waals surface area (Å²) in [5.74, 6) is -1.67. The first kappa shape index (κ1) is 14.4. The van der Waals surface area contributed by atoms with E-state index in [2.05, 4.69) is 5.32 Å². The summed E-state index contributed by atoms with van der Waals surface area (Å²) < 4.78 is 0. The Hall–Kier alpha value is -1.63. The van der Waals surface area contributed by atoms with Gasteiger partial charge >= 0.3 is 0 Å². The van der Waals surface area contributed by atoms with Gasteiger partial charge in [0.15, 0.2) is 0 Å². The van der Waals surface area contributed by atoms with E-state index in [0.717, 1.165) is 25.9 Å². The van der Waals surface area contributed by atoms with Gasteiger partial charge in [0.1, 0.15) is 0 Å². The number of carbonyl (C=O) groups is 3. The molecule has 1 saturated heterocycles. The number of hydrogen-bond donors (Lipinski definition) is 3. The van der Waals surface area contributed by atoms with E-state index in [4.69, 9.17) is 5.21 Å². The predicted molar refractivity (Wildman–Crippen MR) is 62.5 cm³/mol. The van der Waals surface area contributed by atoms with Crippen molar-refractivity contribution in [3.63, 3.8) is 0 Å². The van der Waals surface area contributed by atoms with Crippen molar-refractivity contribution in [3.8, 4) is 0 Å². The van der Waals surface area contributed by atoms with Crippen molar-refractivity contribution in [1.82, 2.24) is 15.7 Å². The van der Waals surface area contributed by atoms with Crippen molar-refractivity contribution >= 4 is 17.7 Å². The molecule has 7 nitrogen and oxygen atoms in total. The van der Waals surface area contributed by atoms with E-state index in [0.29, 0.717) is 0 Å². The molecule has 0 saturated carbocycles. The van der Waals surface area contributed by atoms with Gasteiger partial charge in [-0.05, 0) is 12.8 Å². The van der Waals surface area contributed by atoms with Crippen molar-refractivity contribution in [3.05, 3.63) is 0 Å². The molecule has 102 valence electrons. The smallest absolute Gasteiger partial charge is 0.244 e. The fraction of sp³-hybridized carbons (Fsp3) is 0.727. The monoisotopic (exact) mass is 257 g/mol. The van der Waals surface area contributed by atoms with Gasteiger partial charge in [0.25, 0.3) is 0 Å². The summed E-state index contributed by atoms with van der Waals surface area (Å²) in [6.07, 6.45) is 1.90. The Bertz CT molecular complexity index is 326. The van der Waals surface area contributed by atoms with Gasteiger partial charge in [-0.1, -0.05) is 6.92 Å². The predicted octanol–water partition coefficient (Wildman–Crippen LogP) is -0.743. The van der Waals surface area contributed by atoms with Gasteiger partial charge in [0.05, 0.1) is 6.54 Å². The molecule has 1 fully saturated rings. The molecule has 1 heterocycles. The van der Waals surface area contributed by atoms with Crippen molar-refractivity contribution in [1.29, 1.82) is 0 Å². The molecule has 1 aliphatic rings. The van der Waals surface area contributed by atoms with Crippen LogP contribution in [0.2, 0.25) is 0 Å². The van der Waals surface area contributed by atoms with Crippen LogP contribution >= 0.6 is 0 Å².